The maximum absolute atomic E-state index is 4.97. The number of methoxy groups -OCH3 is 1. The summed E-state index contributed by atoms with van der Waals surface area (Å²) < 4.78 is 8.05. The summed E-state index contributed by atoms with van der Waals surface area (Å²) in [6.07, 6.45) is 1.84. The minimum absolute atomic E-state index is 0.385. The van der Waals surface area contributed by atoms with Gasteiger partial charge in [0.25, 0.3) is 0 Å². The molecule has 1 rings (SSSR count). The van der Waals surface area contributed by atoms with Crippen LogP contribution in [0.4, 0.5) is 0 Å². The Kier molecular flexibility index (Phi) is 5.28. The van der Waals surface area contributed by atoms with Crippen molar-refractivity contribution in [2.75, 3.05) is 20.3 Å². The van der Waals surface area contributed by atoms with Crippen molar-refractivity contribution in [3.05, 3.63) is 16.4 Å². The summed E-state index contributed by atoms with van der Waals surface area (Å²) in [5, 5.41) is 7.62. The van der Waals surface area contributed by atoms with E-state index < -0.39 is 0 Å². The van der Waals surface area contributed by atoms with Crippen LogP contribution in [-0.4, -0.2) is 30.0 Å². The molecule has 1 aromatic rings. The highest BCUT2D eigenvalue weighted by molar-refractivity contribution is 9.10. The second-order valence-corrected chi connectivity index (χ2v) is 4.50. The minimum atomic E-state index is 0.385. The van der Waals surface area contributed by atoms with E-state index in [1.807, 2.05) is 10.9 Å². The van der Waals surface area contributed by atoms with Gasteiger partial charge in [-0.25, -0.2) is 0 Å². The molecule has 0 aliphatic rings. The molecule has 0 spiro atoms. The van der Waals surface area contributed by atoms with Crippen LogP contribution in [0.1, 0.15) is 25.6 Å². The molecular formula is C10H18BrN3O. The van der Waals surface area contributed by atoms with E-state index in [0.717, 1.165) is 24.2 Å². The van der Waals surface area contributed by atoms with Crippen molar-refractivity contribution in [2.24, 2.45) is 0 Å². The Morgan fingerprint density at radius 3 is 2.93 bits per heavy atom. The summed E-state index contributed by atoms with van der Waals surface area (Å²) >= 11 is 3.50. The van der Waals surface area contributed by atoms with Crippen LogP contribution >= 0.6 is 15.9 Å². The topological polar surface area (TPSA) is 39.1 Å². The van der Waals surface area contributed by atoms with E-state index in [1.165, 1.54) is 5.69 Å². The van der Waals surface area contributed by atoms with Gasteiger partial charge in [-0.1, -0.05) is 0 Å². The van der Waals surface area contributed by atoms with Crippen LogP contribution in [0.2, 0.25) is 0 Å². The highest BCUT2D eigenvalue weighted by Crippen LogP contribution is 2.18. The zero-order valence-electron chi connectivity index (χ0n) is 9.46. The van der Waals surface area contributed by atoms with E-state index in [1.54, 1.807) is 7.11 Å². The van der Waals surface area contributed by atoms with Gasteiger partial charge in [0.1, 0.15) is 0 Å². The van der Waals surface area contributed by atoms with Crippen LogP contribution in [-0.2, 0) is 11.3 Å². The summed E-state index contributed by atoms with van der Waals surface area (Å²) in [5.74, 6) is 0. The zero-order chi connectivity index (χ0) is 11.3. The van der Waals surface area contributed by atoms with Gasteiger partial charge in [-0.15, -0.1) is 0 Å². The van der Waals surface area contributed by atoms with Crippen molar-refractivity contribution in [2.45, 2.75) is 26.4 Å². The first-order valence-electron chi connectivity index (χ1n) is 5.08. The number of halogens is 1. The van der Waals surface area contributed by atoms with Gasteiger partial charge in [0.2, 0.25) is 0 Å². The van der Waals surface area contributed by atoms with Crippen molar-refractivity contribution in [1.29, 1.82) is 0 Å². The highest BCUT2D eigenvalue weighted by atomic mass is 79.9. The largest absolute Gasteiger partial charge is 0.383 e. The van der Waals surface area contributed by atoms with E-state index in [9.17, 15) is 0 Å². The molecule has 0 radical (unpaired) electrons. The Hall–Kier alpha value is -0.390. The van der Waals surface area contributed by atoms with E-state index >= 15 is 0 Å². The van der Waals surface area contributed by atoms with E-state index in [0.29, 0.717) is 6.04 Å². The second kappa shape index (κ2) is 6.25. The molecule has 0 saturated carbocycles. The average molecular weight is 276 g/mol. The van der Waals surface area contributed by atoms with Gasteiger partial charge >= 0.3 is 0 Å². The van der Waals surface area contributed by atoms with Crippen molar-refractivity contribution < 1.29 is 4.74 Å². The second-order valence-electron chi connectivity index (χ2n) is 3.65. The number of nitrogens with one attached hydrogen (secondary N) is 1. The average Bonchev–Trinajstić information content (AvgIpc) is 2.55. The number of aromatic nitrogens is 2. The van der Waals surface area contributed by atoms with E-state index in [4.69, 9.17) is 4.74 Å². The third-order valence-electron chi connectivity index (χ3n) is 2.11. The molecule has 0 aromatic carbocycles. The Morgan fingerprint density at radius 1 is 1.60 bits per heavy atom. The first kappa shape index (κ1) is 12.7. The summed E-state index contributed by atoms with van der Waals surface area (Å²) in [7, 11) is 1.70. The van der Waals surface area contributed by atoms with Crippen molar-refractivity contribution in [1.82, 2.24) is 15.1 Å². The fraction of sp³-hybridized carbons (Fsp3) is 0.700. The smallest absolute Gasteiger partial charge is 0.0667 e. The summed E-state index contributed by atoms with van der Waals surface area (Å²) in [4.78, 5) is 0. The van der Waals surface area contributed by atoms with E-state index in [-0.39, 0.29) is 0 Å². The third-order valence-corrected chi connectivity index (χ3v) is 2.77. The molecule has 5 heteroatoms. The fourth-order valence-corrected chi connectivity index (χ4v) is 1.77. The molecule has 0 aliphatic carbocycles. The Labute approximate surface area is 99.1 Å². The number of rotatable bonds is 6. The standard InChI is InChI=1S/C10H18BrN3O/c1-8(2)14-10(9(11)6-13-14)7-12-4-5-15-3/h6,8,12H,4-5,7H2,1-3H3. The quantitative estimate of drug-likeness (QED) is 0.807. The van der Waals surface area contributed by atoms with Crippen LogP contribution in [0.15, 0.2) is 10.7 Å². The first-order valence-corrected chi connectivity index (χ1v) is 5.87. The lowest BCUT2D eigenvalue weighted by Gasteiger charge is -2.12. The van der Waals surface area contributed by atoms with Gasteiger partial charge in [0.05, 0.1) is 23.0 Å². The molecule has 1 heterocycles. The van der Waals surface area contributed by atoms with Crippen LogP contribution in [0.3, 0.4) is 0 Å². The van der Waals surface area contributed by atoms with Crippen LogP contribution in [0.5, 0.6) is 0 Å². The predicted octanol–water partition coefficient (Wildman–Crippen LogP) is 1.96. The molecule has 1 aromatic heterocycles. The normalized spacial score (nSPS) is 11.3. The number of hydrogen-bond donors (Lipinski definition) is 1. The van der Waals surface area contributed by atoms with Gasteiger partial charge in [0.15, 0.2) is 0 Å². The van der Waals surface area contributed by atoms with E-state index in [2.05, 4.69) is 40.2 Å². The molecule has 1 N–H and O–H groups in total. The first-order chi connectivity index (χ1) is 7.16. The van der Waals surface area contributed by atoms with Crippen LogP contribution in [0.25, 0.3) is 0 Å². The third kappa shape index (κ3) is 3.59. The molecule has 0 amide bonds. The Balaban J connectivity index is 2.54. The molecule has 4 nitrogen and oxygen atoms in total. The van der Waals surface area contributed by atoms with Gasteiger partial charge in [-0.3, -0.25) is 4.68 Å². The zero-order valence-corrected chi connectivity index (χ0v) is 11.0. The SMILES string of the molecule is COCCNCc1c(Br)cnn1C(C)C. The molecule has 0 aliphatic heterocycles. The van der Waals surface area contributed by atoms with Crippen molar-refractivity contribution in [3.63, 3.8) is 0 Å². The molecule has 0 unspecified atom stereocenters. The fourth-order valence-electron chi connectivity index (χ4n) is 1.36. The molecule has 15 heavy (non-hydrogen) atoms. The van der Waals surface area contributed by atoms with Crippen LogP contribution < -0.4 is 5.32 Å². The summed E-state index contributed by atoms with van der Waals surface area (Å²) in [6.45, 7) is 6.64. The minimum Gasteiger partial charge on any atom is -0.383 e. The molecule has 86 valence electrons. The van der Waals surface area contributed by atoms with Crippen LogP contribution in [0, 0.1) is 0 Å². The molecule has 0 saturated heterocycles. The lowest BCUT2D eigenvalue weighted by Crippen LogP contribution is -2.21. The van der Waals surface area contributed by atoms with Gasteiger partial charge in [-0.05, 0) is 29.8 Å². The lowest BCUT2D eigenvalue weighted by atomic mass is 10.3. The summed E-state index contributed by atoms with van der Waals surface area (Å²) in [5.41, 5.74) is 1.18. The molecular weight excluding hydrogens is 258 g/mol. The van der Waals surface area contributed by atoms with Gasteiger partial charge in [-0.2, -0.15) is 5.10 Å². The molecule has 0 atom stereocenters. The highest BCUT2D eigenvalue weighted by Gasteiger charge is 2.10. The van der Waals surface area contributed by atoms with Gasteiger partial charge < -0.3 is 10.1 Å². The monoisotopic (exact) mass is 275 g/mol. The summed E-state index contributed by atoms with van der Waals surface area (Å²) in [6, 6.07) is 0.385. The number of nitrogens with zero attached hydrogens (tertiary/aromatic N) is 2. The Bertz CT molecular complexity index is 299. The van der Waals surface area contributed by atoms with Crippen molar-refractivity contribution in [3.8, 4) is 0 Å². The molecule has 0 bridgehead atoms. The number of hydrogen-bond acceptors (Lipinski definition) is 3. The maximum Gasteiger partial charge on any atom is 0.0667 e. The maximum atomic E-state index is 4.97. The van der Waals surface area contributed by atoms with Gasteiger partial charge in [0, 0.05) is 26.2 Å². The number of ether oxygens (including phenoxy) is 1. The molecule has 0 fully saturated rings. The van der Waals surface area contributed by atoms with Crippen molar-refractivity contribution >= 4 is 15.9 Å². The predicted molar refractivity (Wildman–Crippen MR) is 63.9 cm³/mol. The lowest BCUT2D eigenvalue weighted by molar-refractivity contribution is 0.199. The Morgan fingerprint density at radius 2 is 2.33 bits per heavy atom.